The molecule has 0 heterocycles. The van der Waals surface area contributed by atoms with E-state index in [1.165, 1.54) is 12.8 Å². The fraction of sp³-hybridized carbons (Fsp3) is 0.786. The Morgan fingerprint density at radius 3 is 2.56 bits per heavy atom. The first-order valence-electron chi connectivity index (χ1n) is 6.76. The number of allylic oxidation sites excluding steroid dienone is 2. The van der Waals surface area contributed by atoms with Crippen LogP contribution in [0.15, 0.2) is 12.2 Å². The van der Waals surface area contributed by atoms with Crippen LogP contribution < -0.4 is 0 Å². The number of aliphatic hydroxyl groups excluding tert-OH is 2. The average molecular weight is 258 g/mol. The standard InChI is InChI=1S/C14H26O4/c1-2-3-4-5-6-7-8-9-10-14(17)18-12-13(16)11-15/h2-3,13,15-16H,4-12H2,1H3/b3-2+/t13-/m1/s1. The van der Waals surface area contributed by atoms with Gasteiger partial charge in [0.15, 0.2) is 0 Å². The third-order valence-corrected chi connectivity index (χ3v) is 2.63. The Hall–Kier alpha value is -0.870. The molecule has 0 unspecified atom stereocenters. The van der Waals surface area contributed by atoms with Crippen LogP contribution in [-0.4, -0.2) is 35.5 Å². The molecule has 0 saturated heterocycles. The molecule has 0 rings (SSSR count). The van der Waals surface area contributed by atoms with Crippen LogP contribution in [0, 0.1) is 0 Å². The van der Waals surface area contributed by atoms with Crippen molar-refractivity contribution in [1.29, 1.82) is 0 Å². The molecule has 0 aromatic heterocycles. The molecule has 4 heteroatoms. The lowest BCUT2D eigenvalue weighted by molar-refractivity contribution is -0.147. The van der Waals surface area contributed by atoms with Crippen LogP contribution in [0.5, 0.6) is 0 Å². The number of carbonyl (C=O) groups is 1. The van der Waals surface area contributed by atoms with Gasteiger partial charge in [0.25, 0.3) is 0 Å². The molecule has 0 saturated carbocycles. The first kappa shape index (κ1) is 17.1. The topological polar surface area (TPSA) is 66.8 Å². The van der Waals surface area contributed by atoms with Gasteiger partial charge in [-0.3, -0.25) is 4.79 Å². The van der Waals surface area contributed by atoms with Crippen LogP contribution in [0.4, 0.5) is 0 Å². The van der Waals surface area contributed by atoms with Gasteiger partial charge in [-0.2, -0.15) is 0 Å². The predicted octanol–water partition coefficient (Wildman–Crippen LogP) is 2.19. The Kier molecular flexibility index (Phi) is 12.0. The van der Waals surface area contributed by atoms with Crippen LogP contribution in [0.3, 0.4) is 0 Å². The van der Waals surface area contributed by atoms with Gasteiger partial charge in [0.05, 0.1) is 6.61 Å². The Morgan fingerprint density at radius 1 is 1.22 bits per heavy atom. The fourth-order valence-electron chi connectivity index (χ4n) is 1.54. The molecule has 0 fully saturated rings. The molecule has 0 amide bonds. The van der Waals surface area contributed by atoms with Crippen LogP contribution in [0.1, 0.15) is 51.9 Å². The lowest BCUT2D eigenvalue weighted by Crippen LogP contribution is -2.21. The molecule has 106 valence electrons. The van der Waals surface area contributed by atoms with Crippen LogP contribution in [0.25, 0.3) is 0 Å². The molecule has 0 aliphatic heterocycles. The summed E-state index contributed by atoms with van der Waals surface area (Å²) >= 11 is 0. The summed E-state index contributed by atoms with van der Waals surface area (Å²) in [5, 5.41) is 17.5. The van der Waals surface area contributed by atoms with Crippen LogP contribution >= 0.6 is 0 Å². The van der Waals surface area contributed by atoms with Gasteiger partial charge in [-0.25, -0.2) is 0 Å². The molecule has 1 atom stereocenters. The monoisotopic (exact) mass is 258 g/mol. The molecule has 0 aromatic rings. The van der Waals surface area contributed by atoms with E-state index in [1.54, 1.807) is 0 Å². The van der Waals surface area contributed by atoms with Crippen molar-refractivity contribution >= 4 is 5.97 Å². The lowest BCUT2D eigenvalue weighted by atomic mass is 10.1. The van der Waals surface area contributed by atoms with Gasteiger partial charge in [-0.15, -0.1) is 0 Å². The van der Waals surface area contributed by atoms with Crippen molar-refractivity contribution in [2.75, 3.05) is 13.2 Å². The lowest BCUT2D eigenvalue weighted by Gasteiger charge is -2.08. The number of hydrogen-bond acceptors (Lipinski definition) is 4. The fourth-order valence-corrected chi connectivity index (χ4v) is 1.54. The van der Waals surface area contributed by atoms with Crippen molar-refractivity contribution in [3.63, 3.8) is 0 Å². The molecule has 4 nitrogen and oxygen atoms in total. The predicted molar refractivity (Wildman–Crippen MR) is 71.2 cm³/mol. The molecule has 2 N–H and O–H groups in total. The van der Waals surface area contributed by atoms with Gasteiger partial charge in [-0.05, 0) is 26.2 Å². The van der Waals surface area contributed by atoms with E-state index < -0.39 is 6.10 Å². The van der Waals surface area contributed by atoms with Gasteiger partial charge in [0, 0.05) is 6.42 Å². The second-order valence-electron chi connectivity index (χ2n) is 4.39. The van der Waals surface area contributed by atoms with Crippen LogP contribution in [0.2, 0.25) is 0 Å². The largest absolute Gasteiger partial charge is 0.463 e. The number of ether oxygens (including phenoxy) is 1. The van der Waals surface area contributed by atoms with Gasteiger partial charge < -0.3 is 14.9 Å². The van der Waals surface area contributed by atoms with E-state index in [1.807, 2.05) is 6.92 Å². The summed E-state index contributed by atoms with van der Waals surface area (Å²) in [6.07, 6.45) is 10.2. The summed E-state index contributed by atoms with van der Waals surface area (Å²) < 4.78 is 4.80. The molecular weight excluding hydrogens is 232 g/mol. The van der Waals surface area contributed by atoms with E-state index in [9.17, 15) is 4.79 Å². The molecule has 0 bridgehead atoms. The molecule has 0 aliphatic carbocycles. The highest BCUT2D eigenvalue weighted by atomic mass is 16.5. The Morgan fingerprint density at radius 2 is 1.89 bits per heavy atom. The highest BCUT2D eigenvalue weighted by Crippen LogP contribution is 2.08. The van der Waals surface area contributed by atoms with E-state index >= 15 is 0 Å². The molecule has 0 aliphatic rings. The summed E-state index contributed by atoms with van der Waals surface area (Å²) in [6.45, 7) is 1.54. The maximum Gasteiger partial charge on any atom is 0.305 e. The summed E-state index contributed by atoms with van der Waals surface area (Å²) in [5.41, 5.74) is 0. The van der Waals surface area contributed by atoms with Crippen molar-refractivity contribution < 1.29 is 19.7 Å². The zero-order valence-electron chi connectivity index (χ0n) is 11.3. The number of esters is 1. The van der Waals surface area contributed by atoms with E-state index in [2.05, 4.69) is 12.2 Å². The SMILES string of the molecule is C/C=C/CCCCCCCC(=O)OC[C@H](O)CO. The zero-order valence-corrected chi connectivity index (χ0v) is 11.3. The van der Waals surface area contributed by atoms with Crippen LogP contribution in [-0.2, 0) is 9.53 Å². The highest BCUT2D eigenvalue weighted by Gasteiger charge is 2.07. The minimum Gasteiger partial charge on any atom is -0.463 e. The van der Waals surface area contributed by atoms with E-state index in [0.29, 0.717) is 6.42 Å². The van der Waals surface area contributed by atoms with E-state index in [0.717, 1.165) is 25.7 Å². The maximum absolute atomic E-state index is 11.2. The molecule has 0 aromatic carbocycles. The average Bonchev–Trinajstić information content (AvgIpc) is 2.39. The zero-order chi connectivity index (χ0) is 13.6. The molecule has 0 spiro atoms. The third-order valence-electron chi connectivity index (χ3n) is 2.63. The first-order valence-corrected chi connectivity index (χ1v) is 6.76. The minimum atomic E-state index is -0.958. The number of hydrogen-bond donors (Lipinski definition) is 2. The van der Waals surface area contributed by atoms with Crippen molar-refractivity contribution in [2.45, 2.75) is 58.0 Å². The third kappa shape index (κ3) is 11.6. The quantitative estimate of drug-likeness (QED) is 0.339. The Balaban J connectivity index is 3.25. The number of rotatable bonds is 11. The van der Waals surface area contributed by atoms with Crippen molar-refractivity contribution in [1.82, 2.24) is 0 Å². The normalized spacial score (nSPS) is 12.8. The van der Waals surface area contributed by atoms with E-state index in [4.69, 9.17) is 14.9 Å². The molecule has 0 radical (unpaired) electrons. The summed E-state index contributed by atoms with van der Waals surface area (Å²) in [6, 6.07) is 0. The summed E-state index contributed by atoms with van der Waals surface area (Å²) in [5.74, 6) is -0.295. The first-order chi connectivity index (χ1) is 8.70. The van der Waals surface area contributed by atoms with Gasteiger partial charge in [0.1, 0.15) is 12.7 Å². The van der Waals surface area contributed by atoms with Crippen molar-refractivity contribution in [3.05, 3.63) is 12.2 Å². The van der Waals surface area contributed by atoms with Crippen molar-refractivity contribution in [3.8, 4) is 0 Å². The summed E-state index contributed by atoms with van der Waals surface area (Å²) in [7, 11) is 0. The minimum absolute atomic E-state index is 0.112. The van der Waals surface area contributed by atoms with Crippen molar-refractivity contribution in [2.24, 2.45) is 0 Å². The maximum atomic E-state index is 11.2. The second kappa shape index (κ2) is 12.6. The number of carbonyl (C=O) groups excluding carboxylic acids is 1. The van der Waals surface area contributed by atoms with Gasteiger partial charge in [0.2, 0.25) is 0 Å². The number of aliphatic hydroxyl groups is 2. The van der Waals surface area contributed by atoms with Gasteiger partial charge >= 0.3 is 5.97 Å². The molecular formula is C14H26O4. The highest BCUT2D eigenvalue weighted by molar-refractivity contribution is 5.69. The Labute approximate surface area is 110 Å². The van der Waals surface area contributed by atoms with Gasteiger partial charge in [-0.1, -0.05) is 31.4 Å². The molecule has 18 heavy (non-hydrogen) atoms. The number of unbranched alkanes of at least 4 members (excludes halogenated alkanes) is 5. The van der Waals surface area contributed by atoms with E-state index in [-0.39, 0.29) is 19.2 Å². The smallest absolute Gasteiger partial charge is 0.305 e. The Bertz CT molecular complexity index is 226. The summed E-state index contributed by atoms with van der Waals surface area (Å²) in [4.78, 5) is 11.2. The second-order valence-corrected chi connectivity index (χ2v) is 4.39.